The van der Waals surface area contributed by atoms with Gasteiger partial charge in [0.2, 0.25) is 0 Å². The van der Waals surface area contributed by atoms with Crippen LogP contribution in [0.4, 0.5) is 8.78 Å². The average molecular weight is 424 g/mol. The normalized spacial score (nSPS) is 26.2. The average Bonchev–Trinajstić information content (AvgIpc) is 3.22. The van der Waals surface area contributed by atoms with Crippen LogP contribution in [0.1, 0.15) is 36.2 Å². The second-order valence-corrected chi connectivity index (χ2v) is 8.92. The predicted octanol–water partition coefficient (Wildman–Crippen LogP) is 4.33. The zero-order valence-corrected chi connectivity index (χ0v) is 17.4. The minimum Gasteiger partial charge on any atom is -0.381 e. The molecule has 2 aromatic carbocycles. The van der Waals surface area contributed by atoms with E-state index in [2.05, 4.69) is 26.6 Å². The highest BCUT2D eigenvalue weighted by molar-refractivity contribution is 5.21. The minimum absolute atomic E-state index is 0.00791. The van der Waals surface area contributed by atoms with Crippen molar-refractivity contribution in [3.05, 3.63) is 89.5 Å². The van der Waals surface area contributed by atoms with E-state index >= 15 is 0 Å². The lowest BCUT2D eigenvalue weighted by atomic mass is 9.65. The maximum atomic E-state index is 14.2. The van der Waals surface area contributed by atoms with Crippen molar-refractivity contribution < 1.29 is 13.9 Å². The van der Waals surface area contributed by atoms with Crippen LogP contribution >= 0.6 is 0 Å². The van der Waals surface area contributed by atoms with Crippen LogP contribution in [0, 0.1) is 23.5 Å². The van der Waals surface area contributed by atoms with E-state index in [0.717, 1.165) is 36.7 Å². The third-order valence-electron chi connectivity index (χ3n) is 7.00. The fourth-order valence-electron chi connectivity index (χ4n) is 5.52. The number of nitrogens with zero attached hydrogens (tertiary/aromatic N) is 3. The van der Waals surface area contributed by atoms with E-state index in [1.807, 2.05) is 24.4 Å². The van der Waals surface area contributed by atoms with Gasteiger partial charge in [0.05, 0.1) is 0 Å². The molecule has 2 aliphatic rings. The largest absolute Gasteiger partial charge is 0.381 e. The Labute approximate surface area is 181 Å². The smallest absolute Gasteiger partial charge is 0.163 e. The molecule has 1 saturated carbocycles. The van der Waals surface area contributed by atoms with E-state index in [0.29, 0.717) is 31.7 Å². The lowest BCUT2D eigenvalue weighted by molar-refractivity contribution is -0.155. The van der Waals surface area contributed by atoms with Crippen LogP contribution in [-0.2, 0) is 18.7 Å². The van der Waals surface area contributed by atoms with Gasteiger partial charge in [0.25, 0.3) is 0 Å². The van der Waals surface area contributed by atoms with E-state index < -0.39 is 17.2 Å². The molecule has 3 aromatic rings. The van der Waals surface area contributed by atoms with Crippen LogP contribution in [0.25, 0.3) is 0 Å². The highest BCUT2D eigenvalue weighted by Crippen LogP contribution is 2.49. The highest BCUT2D eigenvalue weighted by Gasteiger charge is 2.53. The van der Waals surface area contributed by atoms with Crippen molar-refractivity contribution in [3.63, 3.8) is 0 Å². The van der Waals surface area contributed by atoms with E-state index in [1.54, 1.807) is 18.3 Å². The molecule has 1 saturated heterocycles. The molecule has 2 bridgehead atoms. The van der Waals surface area contributed by atoms with E-state index in [1.165, 1.54) is 0 Å². The molecule has 6 heteroatoms. The van der Waals surface area contributed by atoms with Gasteiger partial charge in [0, 0.05) is 56.0 Å². The molecule has 162 valence electrons. The number of rotatable bonds is 5. The summed E-state index contributed by atoms with van der Waals surface area (Å²) in [6, 6.07) is 14.5. The molecule has 0 amide bonds. The summed E-state index contributed by atoms with van der Waals surface area (Å²) in [7, 11) is 0. The summed E-state index contributed by atoms with van der Waals surface area (Å²) in [6.45, 7) is 2.30. The summed E-state index contributed by atoms with van der Waals surface area (Å²) < 4.78 is 29.9. The first-order valence-electron chi connectivity index (χ1n) is 11.0. The number of likely N-dealkylation sites (tertiary alicyclic amines) is 1. The molecule has 0 radical (unpaired) electrons. The lowest BCUT2D eigenvalue weighted by Gasteiger charge is -2.52. The third-order valence-corrected chi connectivity index (χ3v) is 7.00. The van der Waals surface area contributed by atoms with Gasteiger partial charge in [-0.2, -0.15) is 0 Å². The maximum absolute atomic E-state index is 14.2. The van der Waals surface area contributed by atoms with Gasteiger partial charge in [-0.15, -0.1) is 0 Å². The molecule has 31 heavy (non-hydrogen) atoms. The molecule has 4 nitrogen and oxygen atoms in total. The zero-order valence-electron chi connectivity index (χ0n) is 17.4. The Hall–Kier alpha value is -2.57. The third kappa shape index (κ3) is 3.68. The number of fused-ring (bicyclic) bond motifs is 2. The first-order valence-corrected chi connectivity index (χ1v) is 11.0. The van der Waals surface area contributed by atoms with Crippen LogP contribution in [0.15, 0.2) is 60.9 Å². The Morgan fingerprint density at radius 2 is 1.71 bits per heavy atom. The Kier molecular flexibility index (Phi) is 5.36. The molecule has 1 aliphatic carbocycles. The topological polar surface area (TPSA) is 41.3 Å². The van der Waals surface area contributed by atoms with E-state index in [9.17, 15) is 13.9 Å². The van der Waals surface area contributed by atoms with Gasteiger partial charge in [-0.05, 0) is 24.5 Å². The zero-order chi connectivity index (χ0) is 21.4. The molecular formula is C25H27F2N3O. The number of aliphatic hydroxyl groups is 1. The second-order valence-electron chi connectivity index (χ2n) is 8.92. The van der Waals surface area contributed by atoms with Crippen LogP contribution < -0.4 is 0 Å². The number of halogens is 2. The molecular weight excluding hydrogens is 396 g/mol. The molecule has 1 aromatic heterocycles. The van der Waals surface area contributed by atoms with Gasteiger partial charge >= 0.3 is 0 Å². The molecule has 2 fully saturated rings. The summed E-state index contributed by atoms with van der Waals surface area (Å²) >= 11 is 0. The summed E-state index contributed by atoms with van der Waals surface area (Å²) in [5.41, 5.74) is 0.525. The fourth-order valence-corrected chi connectivity index (χ4v) is 5.52. The van der Waals surface area contributed by atoms with Crippen molar-refractivity contribution in [3.8, 4) is 0 Å². The molecule has 2 heterocycles. The SMILES string of the molecule is OC1(c2nccn2Cc2ccccc2)[C@@H]2CCC[C@H]1CN(Cc1cccc(F)c1F)C2. The van der Waals surface area contributed by atoms with Crippen molar-refractivity contribution in [1.82, 2.24) is 14.5 Å². The standard InChI is InChI=1S/C25H27F2N3O/c26-22-11-4-8-19(23(22)27)15-29-16-20-9-5-10-21(17-29)25(20,31)24-28-12-13-30(24)14-18-6-2-1-3-7-18/h1-4,6-8,11-13,20-21,31H,5,9-10,14-17H2/t20-,21+,25?. The summed E-state index contributed by atoms with van der Waals surface area (Å²) in [5, 5.41) is 12.0. The number of hydrogen-bond donors (Lipinski definition) is 1. The Balaban J connectivity index is 1.40. The van der Waals surface area contributed by atoms with Crippen molar-refractivity contribution >= 4 is 0 Å². The van der Waals surface area contributed by atoms with Gasteiger partial charge in [-0.3, -0.25) is 4.90 Å². The van der Waals surface area contributed by atoms with Gasteiger partial charge in [0.1, 0.15) is 11.4 Å². The first kappa shape index (κ1) is 20.3. The highest BCUT2D eigenvalue weighted by atomic mass is 19.2. The number of hydrogen-bond acceptors (Lipinski definition) is 3. The fraction of sp³-hybridized carbons (Fsp3) is 0.400. The van der Waals surface area contributed by atoms with Crippen molar-refractivity contribution in [2.24, 2.45) is 11.8 Å². The van der Waals surface area contributed by atoms with Crippen LogP contribution in [0.5, 0.6) is 0 Å². The predicted molar refractivity (Wildman–Crippen MR) is 114 cm³/mol. The quantitative estimate of drug-likeness (QED) is 0.664. The first-order chi connectivity index (χ1) is 15.1. The van der Waals surface area contributed by atoms with Crippen molar-refractivity contribution in [1.29, 1.82) is 0 Å². The van der Waals surface area contributed by atoms with Crippen molar-refractivity contribution in [2.45, 2.75) is 38.0 Å². The molecule has 1 N–H and O–H groups in total. The van der Waals surface area contributed by atoms with Crippen LogP contribution in [0.2, 0.25) is 0 Å². The maximum Gasteiger partial charge on any atom is 0.163 e. The number of imidazole rings is 1. The van der Waals surface area contributed by atoms with Crippen LogP contribution in [-0.4, -0.2) is 32.6 Å². The van der Waals surface area contributed by atoms with Crippen LogP contribution in [0.3, 0.4) is 0 Å². The van der Waals surface area contributed by atoms with Gasteiger partial charge in [-0.1, -0.05) is 48.9 Å². The van der Waals surface area contributed by atoms with E-state index in [4.69, 9.17) is 0 Å². The van der Waals surface area contributed by atoms with Gasteiger partial charge in [0.15, 0.2) is 11.6 Å². The summed E-state index contributed by atoms with van der Waals surface area (Å²) in [6.07, 6.45) is 6.56. The Morgan fingerprint density at radius 1 is 0.968 bits per heavy atom. The molecule has 1 unspecified atom stereocenters. The molecule has 5 rings (SSSR count). The molecule has 1 aliphatic heterocycles. The monoisotopic (exact) mass is 423 g/mol. The number of piperidine rings is 1. The molecule has 3 atom stereocenters. The number of benzene rings is 2. The summed E-state index contributed by atoms with van der Waals surface area (Å²) in [5.74, 6) is -0.842. The van der Waals surface area contributed by atoms with E-state index in [-0.39, 0.29) is 11.8 Å². The minimum atomic E-state index is -1.01. The van der Waals surface area contributed by atoms with Gasteiger partial charge < -0.3 is 9.67 Å². The Bertz CT molecular complexity index is 1040. The van der Waals surface area contributed by atoms with Gasteiger partial charge in [-0.25, -0.2) is 13.8 Å². The lowest BCUT2D eigenvalue weighted by Crippen LogP contribution is -2.58. The Morgan fingerprint density at radius 3 is 2.45 bits per heavy atom. The number of aromatic nitrogens is 2. The second kappa shape index (κ2) is 8.17. The molecule has 0 spiro atoms. The summed E-state index contributed by atoms with van der Waals surface area (Å²) in [4.78, 5) is 6.77. The van der Waals surface area contributed by atoms with Crippen molar-refractivity contribution in [2.75, 3.05) is 13.1 Å².